The molecule has 114 valence electrons. The summed E-state index contributed by atoms with van der Waals surface area (Å²) in [4.78, 5) is 2.55. The molecule has 5 heteroatoms. The molecule has 20 heavy (non-hydrogen) atoms. The van der Waals surface area contributed by atoms with Gasteiger partial charge in [-0.1, -0.05) is 13.3 Å². The maximum atomic E-state index is 6.65. The van der Waals surface area contributed by atoms with E-state index in [4.69, 9.17) is 10.5 Å². The molecule has 2 N–H and O–H groups in total. The van der Waals surface area contributed by atoms with Crippen molar-refractivity contribution < 1.29 is 4.74 Å². The summed E-state index contributed by atoms with van der Waals surface area (Å²) in [6.07, 6.45) is 6.64. The van der Waals surface area contributed by atoms with Crippen LogP contribution >= 0.6 is 0 Å². The Morgan fingerprint density at radius 3 is 2.60 bits per heavy atom. The minimum absolute atomic E-state index is 0.0541. The maximum Gasteiger partial charge on any atom is 0.161 e. The predicted octanol–water partition coefficient (Wildman–Crippen LogP) is 2.08. The van der Waals surface area contributed by atoms with Gasteiger partial charge in [-0.3, -0.25) is 9.58 Å². The average Bonchev–Trinajstić information content (AvgIpc) is 2.87. The zero-order chi connectivity index (χ0) is 14.8. The lowest BCUT2D eigenvalue weighted by Gasteiger charge is -2.46. The Kier molecular flexibility index (Phi) is 4.70. The molecule has 0 spiro atoms. The van der Waals surface area contributed by atoms with Crippen LogP contribution in [0.25, 0.3) is 0 Å². The third kappa shape index (κ3) is 2.56. The first-order chi connectivity index (χ1) is 9.54. The van der Waals surface area contributed by atoms with Crippen LogP contribution in [0.4, 0.5) is 0 Å². The van der Waals surface area contributed by atoms with Crippen molar-refractivity contribution in [2.24, 2.45) is 12.8 Å². The van der Waals surface area contributed by atoms with Gasteiger partial charge in [-0.15, -0.1) is 0 Å². The van der Waals surface area contributed by atoms with E-state index < -0.39 is 0 Å². The SMILES string of the molecule is CCC(C)(C(N)c1c(OC)cnn1C)N1CCCCC1. The fourth-order valence-corrected chi connectivity index (χ4v) is 3.28. The first-order valence-electron chi connectivity index (χ1n) is 7.61. The first kappa shape index (κ1) is 15.3. The number of hydrogen-bond acceptors (Lipinski definition) is 4. The van der Waals surface area contributed by atoms with Crippen molar-refractivity contribution in [1.82, 2.24) is 14.7 Å². The molecule has 1 aromatic heterocycles. The summed E-state index contributed by atoms with van der Waals surface area (Å²) < 4.78 is 7.28. The highest BCUT2D eigenvalue weighted by atomic mass is 16.5. The number of piperidine rings is 1. The second-order valence-electron chi connectivity index (χ2n) is 5.96. The number of hydrogen-bond donors (Lipinski definition) is 1. The molecule has 0 aromatic carbocycles. The van der Waals surface area contributed by atoms with E-state index >= 15 is 0 Å². The number of nitrogens with zero attached hydrogens (tertiary/aromatic N) is 3. The van der Waals surface area contributed by atoms with Crippen molar-refractivity contribution in [3.8, 4) is 5.75 Å². The number of likely N-dealkylation sites (tertiary alicyclic amines) is 1. The van der Waals surface area contributed by atoms with Crippen LogP contribution in [0.2, 0.25) is 0 Å². The summed E-state index contributed by atoms with van der Waals surface area (Å²) >= 11 is 0. The van der Waals surface area contributed by atoms with Gasteiger partial charge in [-0.2, -0.15) is 5.10 Å². The normalized spacial score (nSPS) is 21.4. The summed E-state index contributed by atoms with van der Waals surface area (Å²) in [6, 6.07) is -0.104. The zero-order valence-electron chi connectivity index (χ0n) is 13.2. The van der Waals surface area contributed by atoms with Crippen molar-refractivity contribution in [2.45, 2.75) is 51.1 Å². The maximum absolute atomic E-state index is 6.65. The van der Waals surface area contributed by atoms with Crippen molar-refractivity contribution in [3.05, 3.63) is 11.9 Å². The molecule has 0 bridgehead atoms. The van der Waals surface area contributed by atoms with Gasteiger partial charge in [0.15, 0.2) is 5.75 Å². The summed E-state index contributed by atoms with van der Waals surface area (Å²) in [5.41, 5.74) is 7.59. The Balaban J connectivity index is 2.31. The van der Waals surface area contributed by atoms with Crippen LogP contribution in [0.15, 0.2) is 6.20 Å². The van der Waals surface area contributed by atoms with Gasteiger partial charge in [0.25, 0.3) is 0 Å². The molecule has 2 atom stereocenters. The third-order valence-corrected chi connectivity index (χ3v) is 4.93. The molecule has 1 fully saturated rings. The van der Waals surface area contributed by atoms with Gasteiger partial charge in [0.1, 0.15) is 0 Å². The molecule has 2 heterocycles. The molecule has 0 radical (unpaired) electrons. The minimum Gasteiger partial charge on any atom is -0.493 e. The van der Waals surface area contributed by atoms with E-state index in [0.29, 0.717) is 0 Å². The molecule has 1 aliphatic rings. The number of aryl methyl sites for hydroxylation is 1. The predicted molar refractivity (Wildman–Crippen MR) is 80.8 cm³/mol. The summed E-state index contributed by atoms with van der Waals surface area (Å²) in [6.45, 7) is 6.77. The highest BCUT2D eigenvalue weighted by Crippen LogP contribution is 2.37. The monoisotopic (exact) mass is 280 g/mol. The molecule has 2 unspecified atom stereocenters. The standard InChI is InChI=1S/C15H28N4O/c1-5-15(2,19-9-7-6-8-10-19)14(16)13-12(20-4)11-17-18(13)3/h11,14H,5-10,16H2,1-4H3. The highest BCUT2D eigenvalue weighted by Gasteiger charge is 2.40. The van der Waals surface area contributed by atoms with E-state index in [9.17, 15) is 0 Å². The van der Waals surface area contributed by atoms with Gasteiger partial charge < -0.3 is 10.5 Å². The Morgan fingerprint density at radius 2 is 2.05 bits per heavy atom. The second kappa shape index (κ2) is 6.14. The lowest BCUT2D eigenvalue weighted by molar-refractivity contribution is 0.0514. The molecular weight excluding hydrogens is 252 g/mol. The van der Waals surface area contributed by atoms with E-state index in [1.54, 1.807) is 13.3 Å². The number of aromatic nitrogens is 2. The van der Waals surface area contributed by atoms with E-state index in [0.717, 1.165) is 31.0 Å². The summed E-state index contributed by atoms with van der Waals surface area (Å²) in [5, 5.41) is 4.29. The average molecular weight is 280 g/mol. The molecule has 2 rings (SSSR count). The second-order valence-corrected chi connectivity index (χ2v) is 5.96. The van der Waals surface area contributed by atoms with Crippen LogP contribution in [0, 0.1) is 0 Å². The number of methoxy groups -OCH3 is 1. The molecule has 5 nitrogen and oxygen atoms in total. The Morgan fingerprint density at radius 1 is 1.40 bits per heavy atom. The van der Waals surface area contributed by atoms with E-state index in [1.807, 2.05) is 11.7 Å². The van der Waals surface area contributed by atoms with Gasteiger partial charge in [0, 0.05) is 12.6 Å². The van der Waals surface area contributed by atoms with Crippen LogP contribution < -0.4 is 10.5 Å². The first-order valence-corrected chi connectivity index (χ1v) is 7.61. The minimum atomic E-state index is -0.104. The quantitative estimate of drug-likeness (QED) is 0.897. The fraction of sp³-hybridized carbons (Fsp3) is 0.800. The number of ether oxygens (including phenoxy) is 1. The van der Waals surface area contributed by atoms with Gasteiger partial charge in [-0.05, 0) is 39.3 Å². The van der Waals surface area contributed by atoms with Crippen LogP contribution in [0.3, 0.4) is 0 Å². The van der Waals surface area contributed by atoms with Crippen molar-refractivity contribution in [2.75, 3.05) is 20.2 Å². The molecule has 1 saturated heterocycles. The van der Waals surface area contributed by atoms with E-state index in [-0.39, 0.29) is 11.6 Å². The van der Waals surface area contributed by atoms with E-state index in [2.05, 4.69) is 23.8 Å². The molecule has 0 amide bonds. The van der Waals surface area contributed by atoms with Crippen LogP contribution in [0.5, 0.6) is 5.75 Å². The fourth-order valence-electron chi connectivity index (χ4n) is 3.28. The summed E-state index contributed by atoms with van der Waals surface area (Å²) in [5.74, 6) is 0.789. The summed E-state index contributed by atoms with van der Waals surface area (Å²) in [7, 11) is 3.61. The molecule has 1 aliphatic heterocycles. The number of rotatable bonds is 5. The van der Waals surface area contributed by atoms with Crippen LogP contribution in [-0.2, 0) is 7.05 Å². The smallest absolute Gasteiger partial charge is 0.161 e. The number of nitrogens with two attached hydrogens (primary N) is 1. The zero-order valence-corrected chi connectivity index (χ0v) is 13.2. The van der Waals surface area contributed by atoms with Crippen molar-refractivity contribution in [1.29, 1.82) is 0 Å². The molecule has 1 aromatic rings. The van der Waals surface area contributed by atoms with Gasteiger partial charge in [0.2, 0.25) is 0 Å². The Labute approximate surface area is 122 Å². The topological polar surface area (TPSA) is 56.3 Å². The lowest BCUT2D eigenvalue weighted by atomic mass is 9.84. The largest absolute Gasteiger partial charge is 0.493 e. The van der Waals surface area contributed by atoms with Crippen molar-refractivity contribution >= 4 is 0 Å². The van der Waals surface area contributed by atoms with E-state index in [1.165, 1.54) is 19.3 Å². The molecule has 0 saturated carbocycles. The lowest BCUT2D eigenvalue weighted by Crippen LogP contribution is -2.55. The molecular formula is C15H28N4O. The van der Waals surface area contributed by atoms with Crippen LogP contribution in [0.1, 0.15) is 51.3 Å². The van der Waals surface area contributed by atoms with Gasteiger partial charge in [-0.25, -0.2) is 0 Å². The molecule has 0 aliphatic carbocycles. The van der Waals surface area contributed by atoms with Crippen LogP contribution in [-0.4, -0.2) is 40.4 Å². The third-order valence-electron chi connectivity index (χ3n) is 4.93. The van der Waals surface area contributed by atoms with Crippen molar-refractivity contribution in [3.63, 3.8) is 0 Å². The highest BCUT2D eigenvalue weighted by molar-refractivity contribution is 5.30. The van der Waals surface area contributed by atoms with Gasteiger partial charge in [0.05, 0.1) is 25.0 Å². The van der Waals surface area contributed by atoms with Gasteiger partial charge >= 0.3 is 0 Å². The Bertz CT molecular complexity index is 439. The Hall–Kier alpha value is -1.07.